The van der Waals surface area contributed by atoms with E-state index in [2.05, 4.69) is 29.4 Å². The van der Waals surface area contributed by atoms with Gasteiger partial charge in [-0.15, -0.1) is 0 Å². The summed E-state index contributed by atoms with van der Waals surface area (Å²) in [5.74, 6) is 0.0807. The first kappa shape index (κ1) is 18.9. The van der Waals surface area contributed by atoms with Gasteiger partial charge in [-0.3, -0.25) is 14.3 Å². The SMILES string of the molecule is CC(=O)N1CCN(C(=O)c2ccccc2-c2ccc(Cn3cccn3)cc2)CC1. The second-order valence-corrected chi connectivity index (χ2v) is 7.24. The van der Waals surface area contributed by atoms with Gasteiger partial charge in [-0.1, -0.05) is 42.5 Å². The minimum atomic E-state index is 0.0180. The average molecular weight is 388 g/mol. The van der Waals surface area contributed by atoms with Crippen molar-refractivity contribution in [3.05, 3.63) is 78.1 Å². The largest absolute Gasteiger partial charge is 0.339 e. The van der Waals surface area contributed by atoms with Crippen molar-refractivity contribution in [2.24, 2.45) is 0 Å². The van der Waals surface area contributed by atoms with Gasteiger partial charge in [0.2, 0.25) is 5.91 Å². The van der Waals surface area contributed by atoms with E-state index >= 15 is 0 Å². The van der Waals surface area contributed by atoms with E-state index in [-0.39, 0.29) is 11.8 Å². The first-order chi connectivity index (χ1) is 14.1. The number of hydrogen-bond donors (Lipinski definition) is 0. The molecular formula is C23H24N4O2. The van der Waals surface area contributed by atoms with Gasteiger partial charge in [0.15, 0.2) is 0 Å². The van der Waals surface area contributed by atoms with Crippen LogP contribution in [0.4, 0.5) is 0 Å². The van der Waals surface area contributed by atoms with Crippen molar-refractivity contribution in [1.29, 1.82) is 0 Å². The summed E-state index contributed by atoms with van der Waals surface area (Å²) < 4.78 is 1.88. The predicted octanol–water partition coefficient (Wildman–Crippen LogP) is 2.90. The standard InChI is InChI=1S/C23H24N4O2/c1-18(28)25-13-15-26(16-14-25)23(29)22-6-3-2-5-21(22)20-9-7-19(8-10-20)17-27-12-4-11-24-27/h2-12H,13-17H2,1H3. The fraction of sp³-hybridized carbons (Fsp3) is 0.261. The number of nitrogens with zero attached hydrogens (tertiary/aromatic N) is 4. The summed E-state index contributed by atoms with van der Waals surface area (Å²) in [5.41, 5.74) is 3.79. The molecule has 2 aromatic carbocycles. The van der Waals surface area contributed by atoms with Crippen LogP contribution in [0.1, 0.15) is 22.8 Å². The zero-order valence-electron chi connectivity index (χ0n) is 16.5. The summed E-state index contributed by atoms with van der Waals surface area (Å²) >= 11 is 0. The molecule has 0 aliphatic carbocycles. The number of rotatable bonds is 4. The van der Waals surface area contributed by atoms with E-state index in [1.54, 1.807) is 18.0 Å². The van der Waals surface area contributed by atoms with Gasteiger partial charge in [-0.25, -0.2) is 0 Å². The number of benzene rings is 2. The van der Waals surface area contributed by atoms with Gasteiger partial charge in [0.05, 0.1) is 6.54 Å². The van der Waals surface area contributed by atoms with Crippen molar-refractivity contribution in [3.8, 4) is 11.1 Å². The first-order valence-electron chi connectivity index (χ1n) is 9.82. The Hall–Kier alpha value is -3.41. The monoisotopic (exact) mass is 388 g/mol. The van der Waals surface area contributed by atoms with E-state index in [4.69, 9.17) is 0 Å². The van der Waals surface area contributed by atoms with Gasteiger partial charge in [0, 0.05) is 51.1 Å². The minimum absolute atomic E-state index is 0.0180. The number of piperazine rings is 1. The lowest BCUT2D eigenvalue weighted by Gasteiger charge is -2.34. The van der Waals surface area contributed by atoms with Crippen LogP contribution in [0.25, 0.3) is 11.1 Å². The Morgan fingerprint density at radius 3 is 2.24 bits per heavy atom. The van der Waals surface area contributed by atoms with E-state index in [0.29, 0.717) is 38.3 Å². The smallest absolute Gasteiger partial charge is 0.254 e. The normalized spacial score (nSPS) is 14.1. The molecule has 6 heteroatoms. The Morgan fingerprint density at radius 2 is 1.59 bits per heavy atom. The summed E-state index contributed by atoms with van der Waals surface area (Å²) in [6, 6.07) is 17.9. The van der Waals surface area contributed by atoms with Crippen LogP contribution in [0.3, 0.4) is 0 Å². The second kappa shape index (κ2) is 8.31. The molecule has 1 aliphatic heterocycles. The lowest BCUT2D eigenvalue weighted by Crippen LogP contribution is -2.50. The summed E-state index contributed by atoms with van der Waals surface area (Å²) in [6.07, 6.45) is 3.71. The maximum atomic E-state index is 13.2. The van der Waals surface area contributed by atoms with Crippen LogP contribution in [0, 0.1) is 0 Å². The molecule has 0 saturated carbocycles. The topological polar surface area (TPSA) is 58.4 Å². The number of aromatic nitrogens is 2. The fourth-order valence-corrected chi connectivity index (χ4v) is 3.69. The summed E-state index contributed by atoms with van der Waals surface area (Å²) in [4.78, 5) is 28.3. The van der Waals surface area contributed by atoms with Gasteiger partial charge in [-0.2, -0.15) is 5.10 Å². The highest BCUT2D eigenvalue weighted by atomic mass is 16.2. The summed E-state index contributed by atoms with van der Waals surface area (Å²) in [5, 5.41) is 4.24. The van der Waals surface area contributed by atoms with Gasteiger partial charge in [0.1, 0.15) is 0 Å². The van der Waals surface area contributed by atoms with Crippen molar-refractivity contribution < 1.29 is 9.59 Å². The molecule has 0 spiro atoms. The quantitative estimate of drug-likeness (QED) is 0.691. The third kappa shape index (κ3) is 4.21. The van der Waals surface area contributed by atoms with E-state index in [1.807, 2.05) is 46.1 Å². The molecule has 0 bridgehead atoms. The Kier molecular flexibility index (Phi) is 5.42. The van der Waals surface area contributed by atoms with Crippen molar-refractivity contribution in [2.75, 3.05) is 26.2 Å². The minimum Gasteiger partial charge on any atom is -0.339 e. The maximum Gasteiger partial charge on any atom is 0.254 e. The van der Waals surface area contributed by atoms with Crippen LogP contribution in [-0.2, 0) is 11.3 Å². The van der Waals surface area contributed by atoms with Crippen LogP contribution in [0.2, 0.25) is 0 Å². The average Bonchev–Trinajstić information content (AvgIpc) is 3.27. The van der Waals surface area contributed by atoms with E-state index in [1.165, 1.54) is 0 Å². The van der Waals surface area contributed by atoms with Crippen molar-refractivity contribution in [2.45, 2.75) is 13.5 Å². The van der Waals surface area contributed by atoms with Gasteiger partial charge in [-0.05, 0) is 28.8 Å². The van der Waals surface area contributed by atoms with E-state index in [9.17, 15) is 9.59 Å². The lowest BCUT2D eigenvalue weighted by atomic mass is 9.97. The molecule has 29 heavy (non-hydrogen) atoms. The summed E-state index contributed by atoms with van der Waals surface area (Å²) in [6.45, 7) is 4.60. The lowest BCUT2D eigenvalue weighted by molar-refractivity contribution is -0.130. The van der Waals surface area contributed by atoms with Crippen LogP contribution >= 0.6 is 0 Å². The van der Waals surface area contributed by atoms with Crippen LogP contribution in [-0.4, -0.2) is 57.6 Å². The molecular weight excluding hydrogens is 364 g/mol. The molecule has 1 aliphatic rings. The predicted molar refractivity (Wildman–Crippen MR) is 111 cm³/mol. The number of carbonyl (C=O) groups is 2. The molecule has 1 aromatic heterocycles. The molecule has 0 radical (unpaired) electrons. The fourth-order valence-electron chi connectivity index (χ4n) is 3.69. The van der Waals surface area contributed by atoms with Crippen LogP contribution in [0.15, 0.2) is 67.0 Å². The number of hydrogen-bond acceptors (Lipinski definition) is 3. The molecule has 1 fully saturated rings. The van der Waals surface area contributed by atoms with Crippen LogP contribution < -0.4 is 0 Å². The molecule has 2 amide bonds. The Bertz CT molecular complexity index is 988. The van der Waals surface area contributed by atoms with Gasteiger partial charge < -0.3 is 9.80 Å². The highest BCUT2D eigenvalue weighted by molar-refractivity contribution is 6.01. The molecule has 0 N–H and O–H groups in total. The van der Waals surface area contributed by atoms with Crippen LogP contribution in [0.5, 0.6) is 0 Å². The van der Waals surface area contributed by atoms with Crippen molar-refractivity contribution >= 4 is 11.8 Å². The summed E-state index contributed by atoms with van der Waals surface area (Å²) in [7, 11) is 0. The zero-order valence-corrected chi connectivity index (χ0v) is 16.5. The Balaban J connectivity index is 1.52. The number of amides is 2. The Morgan fingerprint density at radius 1 is 0.897 bits per heavy atom. The number of carbonyl (C=O) groups excluding carboxylic acids is 2. The molecule has 0 unspecified atom stereocenters. The van der Waals surface area contributed by atoms with Crippen molar-refractivity contribution in [3.63, 3.8) is 0 Å². The second-order valence-electron chi connectivity index (χ2n) is 7.24. The third-order valence-electron chi connectivity index (χ3n) is 5.34. The highest BCUT2D eigenvalue weighted by Gasteiger charge is 2.24. The van der Waals surface area contributed by atoms with E-state index < -0.39 is 0 Å². The van der Waals surface area contributed by atoms with E-state index in [0.717, 1.165) is 16.7 Å². The molecule has 1 saturated heterocycles. The molecule has 0 atom stereocenters. The molecule has 4 rings (SSSR count). The zero-order chi connectivity index (χ0) is 20.2. The molecule has 3 aromatic rings. The highest BCUT2D eigenvalue weighted by Crippen LogP contribution is 2.26. The van der Waals surface area contributed by atoms with Gasteiger partial charge in [0.25, 0.3) is 5.91 Å². The maximum absolute atomic E-state index is 13.2. The molecule has 148 valence electrons. The molecule has 6 nitrogen and oxygen atoms in total. The van der Waals surface area contributed by atoms with Crippen molar-refractivity contribution in [1.82, 2.24) is 19.6 Å². The van der Waals surface area contributed by atoms with Gasteiger partial charge >= 0.3 is 0 Å². The Labute approximate surface area is 170 Å². The molecule has 2 heterocycles. The first-order valence-corrected chi connectivity index (χ1v) is 9.82. The third-order valence-corrected chi connectivity index (χ3v) is 5.34.